The van der Waals surface area contributed by atoms with Gasteiger partial charge in [-0.3, -0.25) is 4.79 Å². The van der Waals surface area contributed by atoms with Crippen molar-refractivity contribution >= 4 is 5.91 Å². The number of rotatable bonds is 5. The number of ether oxygens (including phenoxy) is 1. The zero-order chi connectivity index (χ0) is 14.6. The quantitative estimate of drug-likeness (QED) is 0.885. The van der Waals surface area contributed by atoms with E-state index in [1.165, 1.54) is 5.56 Å². The maximum Gasteiger partial charge on any atom is 0.224 e. The van der Waals surface area contributed by atoms with Gasteiger partial charge in [-0.2, -0.15) is 0 Å². The van der Waals surface area contributed by atoms with Crippen LogP contribution in [0, 0.1) is 13.8 Å². The third-order valence-corrected chi connectivity index (χ3v) is 3.03. The summed E-state index contributed by atoms with van der Waals surface area (Å²) in [5, 5.41) is 0. The Bertz CT molecular complexity index is 456. The van der Waals surface area contributed by atoms with Crippen LogP contribution >= 0.6 is 0 Å². The third kappa shape index (κ3) is 4.24. The highest BCUT2D eigenvalue weighted by Gasteiger charge is 2.15. The molecule has 0 spiro atoms. The zero-order valence-corrected chi connectivity index (χ0v) is 12.5. The number of hydrogen-bond donors (Lipinski definition) is 1. The molecule has 0 saturated heterocycles. The van der Waals surface area contributed by atoms with E-state index in [2.05, 4.69) is 12.1 Å². The fourth-order valence-corrected chi connectivity index (χ4v) is 2.23. The first-order valence-electron chi connectivity index (χ1n) is 6.48. The molecule has 4 heteroatoms. The summed E-state index contributed by atoms with van der Waals surface area (Å²) in [7, 11) is 3.45. The Balaban J connectivity index is 2.90. The van der Waals surface area contributed by atoms with Crippen LogP contribution in [0.1, 0.15) is 30.0 Å². The van der Waals surface area contributed by atoms with E-state index in [9.17, 15) is 4.79 Å². The Hall–Kier alpha value is -1.55. The van der Waals surface area contributed by atoms with Crippen LogP contribution < -0.4 is 10.5 Å². The molecule has 19 heavy (non-hydrogen) atoms. The number of methoxy groups -OCH3 is 1. The molecular weight excluding hydrogens is 240 g/mol. The molecule has 1 aromatic carbocycles. The minimum atomic E-state index is -0.115. The summed E-state index contributed by atoms with van der Waals surface area (Å²) >= 11 is 0. The first-order valence-corrected chi connectivity index (χ1v) is 6.48. The standard InChI is InChI=1S/C15H24N2O2/c1-10-6-11(2)15(19-5)13(7-10)9-17(4)14(18)8-12(3)16/h6-7,12H,8-9,16H2,1-5H3. The average Bonchev–Trinajstić information content (AvgIpc) is 2.27. The molecular formula is C15H24N2O2. The van der Waals surface area contributed by atoms with Crippen LogP contribution in [-0.2, 0) is 11.3 Å². The molecule has 4 nitrogen and oxygen atoms in total. The topological polar surface area (TPSA) is 55.6 Å². The molecule has 2 N–H and O–H groups in total. The second-order valence-electron chi connectivity index (χ2n) is 5.21. The van der Waals surface area contributed by atoms with Gasteiger partial charge in [-0.25, -0.2) is 0 Å². The van der Waals surface area contributed by atoms with Crippen molar-refractivity contribution in [2.24, 2.45) is 5.73 Å². The van der Waals surface area contributed by atoms with Crippen molar-refractivity contribution in [2.45, 2.75) is 39.8 Å². The van der Waals surface area contributed by atoms with Gasteiger partial charge in [-0.15, -0.1) is 0 Å². The Morgan fingerprint density at radius 3 is 2.58 bits per heavy atom. The van der Waals surface area contributed by atoms with Crippen LogP contribution in [0.25, 0.3) is 0 Å². The van der Waals surface area contributed by atoms with Crippen molar-refractivity contribution in [3.63, 3.8) is 0 Å². The number of aryl methyl sites for hydroxylation is 2. The van der Waals surface area contributed by atoms with Gasteiger partial charge in [0.1, 0.15) is 5.75 Å². The normalized spacial score (nSPS) is 12.1. The van der Waals surface area contributed by atoms with Crippen molar-refractivity contribution in [2.75, 3.05) is 14.2 Å². The molecule has 1 unspecified atom stereocenters. The van der Waals surface area contributed by atoms with Crippen molar-refractivity contribution in [3.05, 3.63) is 28.8 Å². The largest absolute Gasteiger partial charge is 0.496 e. The van der Waals surface area contributed by atoms with Gasteiger partial charge in [-0.05, 0) is 26.3 Å². The van der Waals surface area contributed by atoms with E-state index in [1.54, 1.807) is 19.1 Å². The van der Waals surface area contributed by atoms with Gasteiger partial charge in [0.2, 0.25) is 5.91 Å². The van der Waals surface area contributed by atoms with Crippen molar-refractivity contribution in [3.8, 4) is 5.75 Å². The summed E-state index contributed by atoms with van der Waals surface area (Å²) in [5.41, 5.74) is 8.94. The van der Waals surface area contributed by atoms with Gasteiger partial charge in [0.05, 0.1) is 7.11 Å². The lowest BCUT2D eigenvalue weighted by atomic mass is 10.0. The van der Waals surface area contributed by atoms with Gasteiger partial charge < -0.3 is 15.4 Å². The lowest BCUT2D eigenvalue weighted by Crippen LogP contribution is -2.31. The predicted octanol–water partition coefficient (Wildman–Crippen LogP) is 2.01. The summed E-state index contributed by atoms with van der Waals surface area (Å²) in [6, 6.07) is 4.02. The first-order chi connectivity index (χ1) is 8.85. The summed E-state index contributed by atoms with van der Waals surface area (Å²) < 4.78 is 5.43. The predicted molar refractivity (Wildman–Crippen MR) is 77.2 cm³/mol. The maximum atomic E-state index is 11.9. The number of amides is 1. The molecule has 0 saturated carbocycles. The fraction of sp³-hybridized carbons (Fsp3) is 0.533. The van der Waals surface area contributed by atoms with Crippen LogP contribution in [0.5, 0.6) is 5.75 Å². The highest BCUT2D eigenvalue weighted by atomic mass is 16.5. The molecule has 0 aromatic heterocycles. The van der Waals surface area contributed by atoms with Crippen molar-refractivity contribution in [1.29, 1.82) is 0 Å². The fourth-order valence-electron chi connectivity index (χ4n) is 2.23. The Labute approximate surface area is 115 Å². The molecule has 0 fully saturated rings. The number of nitrogens with two attached hydrogens (primary N) is 1. The molecule has 0 aliphatic carbocycles. The van der Waals surface area contributed by atoms with E-state index in [0.29, 0.717) is 13.0 Å². The minimum absolute atomic E-state index is 0.0520. The van der Waals surface area contributed by atoms with Gasteiger partial charge >= 0.3 is 0 Å². The molecule has 1 atom stereocenters. The van der Waals surface area contributed by atoms with Crippen LogP contribution in [0.3, 0.4) is 0 Å². The molecule has 0 aliphatic heterocycles. The number of carbonyl (C=O) groups is 1. The Morgan fingerprint density at radius 2 is 2.05 bits per heavy atom. The van der Waals surface area contributed by atoms with E-state index in [-0.39, 0.29) is 11.9 Å². The maximum absolute atomic E-state index is 11.9. The Morgan fingerprint density at radius 1 is 1.42 bits per heavy atom. The number of hydrogen-bond acceptors (Lipinski definition) is 3. The number of nitrogens with zero attached hydrogens (tertiary/aromatic N) is 1. The van der Waals surface area contributed by atoms with E-state index in [0.717, 1.165) is 16.9 Å². The SMILES string of the molecule is COc1c(C)cc(C)cc1CN(C)C(=O)CC(C)N. The molecule has 0 bridgehead atoms. The number of benzene rings is 1. The molecule has 0 radical (unpaired) electrons. The summed E-state index contributed by atoms with van der Waals surface area (Å²) in [6.45, 7) is 6.43. The Kier molecular flexibility index (Phi) is 5.36. The molecule has 1 rings (SSSR count). The van der Waals surface area contributed by atoms with Crippen molar-refractivity contribution < 1.29 is 9.53 Å². The highest BCUT2D eigenvalue weighted by Crippen LogP contribution is 2.26. The average molecular weight is 264 g/mol. The monoisotopic (exact) mass is 264 g/mol. The summed E-state index contributed by atoms with van der Waals surface area (Å²) in [5.74, 6) is 0.905. The molecule has 0 heterocycles. The van der Waals surface area contributed by atoms with Gasteiger partial charge in [0.15, 0.2) is 0 Å². The summed E-state index contributed by atoms with van der Waals surface area (Å²) in [6.07, 6.45) is 0.365. The van der Waals surface area contributed by atoms with Crippen molar-refractivity contribution in [1.82, 2.24) is 4.90 Å². The van der Waals surface area contributed by atoms with Crippen LogP contribution in [-0.4, -0.2) is 31.0 Å². The highest BCUT2D eigenvalue weighted by molar-refractivity contribution is 5.76. The molecule has 1 amide bonds. The lowest BCUT2D eigenvalue weighted by Gasteiger charge is -2.21. The third-order valence-electron chi connectivity index (χ3n) is 3.03. The second-order valence-corrected chi connectivity index (χ2v) is 5.21. The summed E-state index contributed by atoms with van der Waals surface area (Å²) in [4.78, 5) is 13.6. The van der Waals surface area contributed by atoms with E-state index >= 15 is 0 Å². The molecule has 1 aromatic rings. The number of carbonyl (C=O) groups excluding carboxylic acids is 1. The first kappa shape index (κ1) is 15.5. The smallest absolute Gasteiger partial charge is 0.224 e. The van der Waals surface area contributed by atoms with Crippen LogP contribution in [0.4, 0.5) is 0 Å². The minimum Gasteiger partial charge on any atom is -0.496 e. The van der Waals surface area contributed by atoms with E-state index in [4.69, 9.17) is 10.5 Å². The zero-order valence-electron chi connectivity index (χ0n) is 12.5. The van der Waals surface area contributed by atoms with Crippen LogP contribution in [0.15, 0.2) is 12.1 Å². The van der Waals surface area contributed by atoms with E-state index < -0.39 is 0 Å². The second kappa shape index (κ2) is 6.57. The molecule has 106 valence electrons. The lowest BCUT2D eigenvalue weighted by molar-refractivity contribution is -0.130. The molecule has 0 aliphatic rings. The van der Waals surface area contributed by atoms with Gasteiger partial charge in [0.25, 0.3) is 0 Å². The van der Waals surface area contributed by atoms with Crippen LogP contribution in [0.2, 0.25) is 0 Å². The van der Waals surface area contributed by atoms with Gasteiger partial charge in [0, 0.05) is 31.6 Å². The van der Waals surface area contributed by atoms with E-state index in [1.807, 2.05) is 20.8 Å². The van der Waals surface area contributed by atoms with Gasteiger partial charge in [-0.1, -0.05) is 17.7 Å².